The van der Waals surface area contributed by atoms with Crippen molar-refractivity contribution in [1.29, 1.82) is 0 Å². The largest absolute Gasteiger partial charge is 0.493 e. The Bertz CT molecular complexity index is 933. The number of carbonyl (C=O) groups excluding carboxylic acids is 1. The van der Waals surface area contributed by atoms with Crippen molar-refractivity contribution in [3.8, 4) is 23.3 Å². The Hall–Kier alpha value is -3.07. The molecule has 6 heteroatoms. The SMILES string of the molecule is COc1ccc(CCNC(=O)[C@@H]2C[C@@H]2C#Cc2ccc(F)cc2F)cc1OC. The number of carbonyl (C=O) groups is 1. The van der Waals surface area contributed by atoms with Gasteiger partial charge >= 0.3 is 0 Å². The molecular formula is C22H21F2NO3. The van der Waals surface area contributed by atoms with Crippen LogP contribution in [-0.4, -0.2) is 26.7 Å². The third-order valence-corrected chi connectivity index (χ3v) is 4.61. The third kappa shape index (κ3) is 4.80. The van der Waals surface area contributed by atoms with Crippen molar-refractivity contribution in [3.05, 3.63) is 59.2 Å². The maximum Gasteiger partial charge on any atom is 0.224 e. The van der Waals surface area contributed by atoms with E-state index in [1.54, 1.807) is 14.2 Å². The van der Waals surface area contributed by atoms with Crippen LogP contribution in [0.25, 0.3) is 0 Å². The van der Waals surface area contributed by atoms with Gasteiger partial charge in [-0.2, -0.15) is 0 Å². The number of halogens is 2. The van der Waals surface area contributed by atoms with Crippen molar-refractivity contribution >= 4 is 5.91 Å². The summed E-state index contributed by atoms with van der Waals surface area (Å²) in [5, 5.41) is 2.90. The summed E-state index contributed by atoms with van der Waals surface area (Å²) < 4.78 is 36.9. The van der Waals surface area contributed by atoms with E-state index in [0.29, 0.717) is 30.9 Å². The van der Waals surface area contributed by atoms with Gasteiger partial charge in [0.2, 0.25) is 5.91 Å². The molecule has 1 N–H and O–H groups in total. The predicted molar refractivity (Wildman–Crippen MR) is 101 cm³/mol. The summed E-state index contributed by atoms with van der Waals surface area (Å²) in [4.78, 5) is 12.2. The predicted octanol–water partition coefficient (Wildman–Crippen LogP) is 3.33. The molecule has 0 aliphatic heterocycles. The van der Waals surface area contributed by atoms with Crippen LogP contribution in [0, 0.1) is 35.3 Å². The van der Waals surface area contributed by atoms with Crippen molar-refractivity contribution < 1.29 is 23.0 Å². The van der Waals surface area contributed by atoms with Gasteiger partial charge in [-0.1, -0.05) is 17.9 Å². The van der Waals surface area contributed by atoms with Gasteiger partial charge in [-0.05, 0) is 42.7 Å². The minimum absolute atomic E-state index is 0.0562. The molecule has 0 aromatic heterocycles. The van der Waals surface area contributed by atoms with E-state index in [2.05, 4.69) is 17.2 Å². The van der Waals surface area contributed by atoms with Gasteiger partial charge in [0.05, 0.1) is 25.7 Å². The van der Waals surface area contributed by atoms with E-state index in [4.69, 9.17) is 9.47 Å². The van der Waals surface area contributed by atoms with Gasteiger partial charge in [0.25, 0.3) is 0 Å². The summed E-state index contributed by atoms with van der Waals surface area (Å²) in [6.07, 6.45) is 1.31. The number of amides is 1. The van der Waals surface area contributed by atoms with Gasteiger partial charge in [-0.3, -0.25) is 4.79 Å². The summed E-state index contributed by atoms with van der Waals surface area (Å²) in [6, 6.07) is 8.91. The Labute approximate surface area is 162 Å². The molecule has 0 saturated heterocycles. The van der Waals surface area contributed by atoms with E-state index in [0.717, 1.165) is 11.6 Å². The highest BCUT2D eigenvalue weighted by atomic mass is 19.1. The molecule has 3 rings (SSSR count). The van der Waals surface area contributed by atoms with E-state index in [1.807, 2.05) is 18.2 Å². The Kier molecular flexibility index (Phi) is 6.15. The number of nitrogens with one attached hydrogen (secondary N) is 1. The van der Waals surface area contributed by atoms with E-state index < -0.39 is 11.6 Å². The number of ether oxygens (including phenoxy) is 2. The number of benzene rings is 2. The summed E-state index contributed by atoms with van der Waals surface area (Å²) in [5.41, 5.74) is 1.16. The Morgan fingerprint density at radius 1 is 1.14 bits per heavy atom. The fraction of sp³-hybridized carbons (Fsp3) is 0.318. The van der Waals surface area contributed by atoms with E-state index >= 15 is 0 Å². The maximum absolute atomic E-state index is 13.6. The van der Waals surface area contributed by atoms with Crippen molar-refractivity contribution in [2.24, 2.45) is 11.8 Å². The van der Waals surface area contributed by atoms with Gasteiger partial charge in [-0.15, -0.1) is 0 Å². The lowest BCUT2D eigenvalue weighted by molar-refractivity contribution is -0.122. The summed E-state index contributed by atoms with van der Waals surface area (Å²) in [5.74, 6) is 5.24. The first-order chi connectivity index (χ1) is 13.5. The zero-order chi connectivity index (χ0) is 20.1. The van der Waals surface area contributed by atoms with Crippen LogP contribution in [0.3, 0.4) is 0 Å². The van der Waals surface area contributed by atoms with Crippen molar-refractivity contribution in [1.82, 2.24) is 5.32 Å². The van der Waals surface area contributed by atoms with Crippen molar-refractivity contribution in [2.45, 2.75) is 12.8 Å². The third-order valence-electron chi connectivity index (χ3n) is 4.61. The molecule has 1 saturated carbocycles. The molecule has 0 radical (unpaired) electrons. The Morgan fingerprint density at radius 2 is 1.93 bits per heavy atom. The average molecular weight is 385 g/mol. The highest BCUT2D eigenvalue weighted by molar-refractivity contribution is 5.82. The minimum atomic E-state index is -0.691. The molecule has 4 nitrogen and oxygen atoms in total. The molecule has 1 amide bonds. The van der Waals surface area contributed by atoms with Crippen LogP contribution in [0.1, 0.15) is 17.5 Å². The molecule has 0 unspecified atom stereocenters. The first-order valence-electron chi connectivity index (χ1n) is 8.97. The summed E-state index contributed by atoms with van der Waals surface area (Å²) >= 11 is 0. The lowest BCUT2D eigenvalue weighted by atomic mass is 10.1. The van der Waals surface area contributed by atoms with Crippen LogP contribution >= 0.6 is 0 Å². The van der Waals surface area contributed by atoms with Crippen LogP contribution in [0.5, 0.6) is 11.5 Å². The Balaban J connectivity index is 1.48. The first kappa shape index (κ1) is 19.7. The number of hydrogen-bond donors (Lipinski definition) is 1. The quantitative estimate of drug-likeness (QED) is 0.776. The second kappa shape index (κ2) is 8.75. The lowest BCUT2D eigenvalue weighted by Crippen LogP contribution is -2.27. The monoisotopic (exact) mass is 385 g/mol. The highest BCUT2D eigenvalue weighted by Gasteiger charge is 2.41. The van der Waals surface area contributed by atoms with E-state index in [1.165, 1.54) is 12.1 Å². The van der Waals surface area contributed by atoms with Crippen LogP contribution in [0.15, 0.2) is 36.4 Å². The second-order valence-corrected chi connectivity index (χ2v) is 6.57. The molecule has 0 heterocycles. The molecule has 146 valence electrons. The van der Waals surface area contributed by atoms with Gasteiger partial charge < -0.3 is 14.8 Å². The summed E-state index contributed by atoms with van der Waals surface area (Å²) in [7, 11) is 3.16. The van der Waals surface area contributed by atoms with Crippen LogP contribution < -0.4 is 14.8 Å². The zero-order valence-electron chi connectivity index (χ0n) is 15.7. The highest BCUT2D eigenvalue weighted by Crippen LogP contribution is 2.38. The minimum Gasteiger partial charge on any atom is -0.493 e. The molecular weight excluding hydrogens is 364 g/mol. The number of methoxy groups -OCH3 is 2. The molecule has 1 aliphatic carbocycles. The van der Waals surface area contributed by atoms with Crippen LogP contribution in [0.4, 0.5) is 8.78 Å². The molecule has 2 aromatic carbocycles. The van der Waals surface area contributed by atoms with Crippen LogP contribution in [-0.2, 0) is 11.2 Å². The lowest BCUT2D eigenvalue weighted by Gasteiger charge is -2.10. The van der Waals surface area contributed by atoms with Crippen molar-refractivity contribution in [2.75, 3.05) is 20.8 Å². The molecule has 1 fully saturated rings. The molecule has 0 spiro atoms. The molecule has 2 atom stereocenters. The number of hydrogen-bond acceptors (Lipinski definition) is 3. The fourth-order valence-electron chi connectivity index (χ4n) is 2.90. The molecule has 0 bridgehead atoms. The topological polar surface area (TPSA) is 47.6 Å². The summed E-state index contributed by atoms with van der Waals surface area (Å²) in [6.45, 7) is 0.498. The normalized spacial score (nSPS) is 17.3. The van der Waals surface area contributed by atoms with E-state index in [9.17, 15) is 13.6 Å². The van der Waals surface area contributed by atoms with Gasteiger partial charge in [-0.25, -0.2) is 8.78 Å². The number of rotatable bonds is 6. The molecule has 1 aliphatic rings. The average Bonchev–Trinajstić information content (AvgIpc) is 3.47. The van der Waals surface area contributed by atoms with Gasteiger partial charge in [0.15, 0.2) is 11.5 Å². The maximum atomic E-state index is 13.6. The van der Waals surface area contributed by atoms with Gasteiger partial charge in [0, 0.05) is 18.5 Å². The van der Waals surface area contributed by atoms with E-state index in [-0.39, 0.29) is 23.3 Å². The van der Waals surface area contributed by atoms with Crippen LogP contribution in [0.2, 0.25) is 0 Å². The molecule has 28 heavy (non-hydrogen) atoms. The molecule has 2 aromatic rings. The fourth-order valence-corrected chi connectivity index (χ4v) is 2.90. The second-order valence-electron chi connectivity index (χ2n) is 6.57. The van der Waals surface area contributed by atoms with Crippen molar-refractivity contribution in [3.63, 3.8) is 0 Å². The van der Waals surface area contributed by atoms with Gasteiger partial charge in [0.1, 0.15) is 11.6 Å². The zero-order valence-corrected chi connectivity index (χ0v) is 15.7. The standard InChI is InChI=1S/C22H21F2NO3/c1-27-20-8-3-14(11-21(20)28-2)9-10-25-22(26)18-12-16(18)5-4-15-6-7-17(23)13-19(15)24/h3,6-8,11,13,16,18H,9-10,12H2,1-2H3,(H,25,26)/t16-,18+/m0/s1. The Morgan fingerprint density at radius 3 is 2.64 bits per heavy atom. The first-order valence-corrected chi connectivity index (χ1v) is 8.97. The smallest absolute Gasteiger partial charge is 0.224 e.